The lowest BCUT2D eigenvalue weighted by atomic mass is 10.2. The van der Waals surface area contributed by atoms with E-state index in [1.807, 2.05) is 6.92 Å². The fourth-order valence-electron chi connectivity index (χ4n) is 2.14. The van der Waals surface area contributed by atoms with Crippen LogP contribution in [0, 0.1) is 18.6 Å². The van der Waals surface area contributed by atoms with E-state index in [1.54, 1.807) is 12.3 Å². The number of nitrogens with zero attached hydrogens (tertiary/aromatic N) is 3. The van der Waals surface area contributed by atoms with Gasteiger partial charge < -0.3 is 0 Å². The van der Waals surface area contributed by atoms with E-state index < -0.39 is 11.6 Å². The molecule has 2 aromatic heterocycles. The number of aryl methyl sites for hydroxylation is 1. The fraction of sp³-hybridized carbons (Fsp3) is 0.143. The number of alkyl halides is 1. The van der Waals surface area contributed by atoms with Crippen LogP contribution in [0.5, 0.6) is 0 Å². The third-order valence-corrected chi connectivity index (χ3v) is 3.33. The quantitative estimate of drug-likeness (QED) is 0.674. The summed E-state index contributed by atoms with van der Waals surface area (Å²) >= 11 is 5.87. The second kappa shape index (κ2) is 4.83. The van der Waals surface area contributed by atoms with Crippen LogP contribution in [0.3, 0.4) is 0 Å². The van der Waals surface area contributed by atoms with E-state index in [4.69, 9.17) is 11.6 Å². The van der Waals surface area contributed by atoms with Gasteiger partial charge in [-0.05, 0) is 30.7 Å². The number of rotatable bonds is 2. The summed E-state index contributed by atoms with van der Waals surface area (Å²) < 4.78 is 28.8. The first kappa shape index (κ1) is 13.0. The molecule has 0 radical (unpaired) electrons. The van der Waals surface area contributed by atoms with Crippen molar-refractivity contribution < 1.29 is 8.78 Å². The standard InChI is InChI=1S/C14H10ClF2N3/c1-8-4-5-18-14-13(8)19-12(7-15)20(14)11-6-9(16)2-3-10(11)17/h2-6H,7H2,1H3. The first-order valence-corrected chi connectivity index (χ1v) is 6.49. The molecule has 0 spiro atoms. The monoisotopic (exact) mass is 293 g/mol. The zero-order valence-electron chi connectivity index (χ0n) is 10.6. The largest absolute Gasteiger partial charge is 0.277 e. The molecule has 20 heavy (non-hydrogen) atoms. The minimum Gasteiger partial charge on any atom is -0.277 e. The molecule has 2 heterocycles. The number of halogens is 3. The molecule has 0 unspecified atom stereocenters. The van der Waals surface area contributed by atoms with Crippen LogP contribution in [0.15, 0.2) is 30.5 Å². The van der Waals surface area contributed by atoms with Gasteiger partial charge in [0, 0.05) is 12.3 Å². The van der Waals surface area contributed by atoms with Crippen LogP contribution < -0.4 is 0 Å². The zero-order chi connectivity index (χ0) is 14.3. The highest BCUT2D eigenvalue weighted by Gasteiger charge is 2.17. The predicted molar refractivity (Wildman–Crippen MR) is 73.1 cm³/mol. The fourth-order valence-corrected chi connectivity index (χ4v) is 2.32. The summed E-state index contributed by atoms with van der Waals surface area (Å²) in [5.41, 5.74) is 2.05. The van der Waals surface area contributed by atoms with Crippen molar-refractivity contribution in [2.75, 3.05) is 0 Å². The maximum absolute atomic E-state index is 14.0. The van der Waals surface area contributed by atoms with E-state index in [2.05, 4.69) is 9.97 Å². The van der Waals surface area contributed by atoms with Crippen LogP contribution in [-0.4, -0.2) is 14.5 Å². The van der Waals surface area contributed by atoms with Crippen molar-refractivity contribution in [1.82, 2.24) is 14.5 Å². The maximum atomic E-state index is 14.0. The van der Waals surface area contributed by atoms with Crippen LogP contribution in [0.4, 0.5) is 8.78 Å². The van der Waals surface area contributed by atoms with E-state index >= 15 is 0 Å². The second-order valence-corrected chi connectivity index (χ2v) is 4.66. The summed E-state index contributed by atoms with van der Waals surface area (Å²) in [5.74, 6) is -0.587. The van der Waals surface area contributed by atoms with Gasteiger partial charge in [-0.25, -0.2) is 18.7 Å². The van der Waals surface area contributed by atoms with Crippen LogP contribution in [-0.2, 0) is 5.88 Å². The Hall–Kier alpha value is -2.01. The summed E-state index contributed by atoms with van der Waals surface area (Å²) in [4.78, 5) is 8.57. The molecule has 1 aromatic carbocycles. The summed E-state index contributed by atoms with van der Waals surface area (Å²) in [7, 11) is 0. The zero-order valence-corrected chi connectivity index (χ0v) is 11.3. The van der Waals surface area contributed by atoms with Crippen LogP contribution in [0.1, 0.15) is 11.4 Å². The lowest BCUT2D eigenvalue weighted by Gasteiger charge is -2.08. The Kier molecular flexibility index (Phi) is 3.14. The van der Waals surface area contributed by atoms with Crippen molar-refractivity contribution in [3.8, 4) is 5.69 Å². The molecule has 0 fully saturated rings. The molecule has 0 saturated carbocycles. The van der Waals surface area contributed by atoms with Gasteiger partial charge in [-0.1, -0.05) is 0 Å². The summed E-state index contributed by atoms with van der Waals surface area (Å²) in [5, 5.41) is 0. The highest BCUT2D eigenvalue weighted by molar-refractivity contribution is 6.17. The highest BCUT2D eigenvalue weighted by atomic mass is 35.5. The van der Waals surface area contributed by atoms with Gasteiger partial charge in [0.05, 0.1) is 11.6 Å². The van der Waals surface area contributed by atoms with Crippen molar-refractivity contribution in [3.05, 3.63) is 53.5 Å². The molecule has 3 aromatic rings. The van der Waals surface area contributed by atoms with Crippen molar-refractivity contribution in [1.29, 1.82) is 0 Å². The van der Waals surface area contributed by atoms with Crippen LogP contribution in [0.2, 0.25) is 0 Å². The SMILES string of the molecule is Cc1ccnc2c1nc(CCl)n2-c1cc(F)ccc1F. The number of imidazole rings is 1. The Labute approximate surface area is 118 Å². The Morgan fingerprint density at radius 1 is 1.25 bits per heavy atom. The lowest BCUT2D eigenvalue weighted by Crippen LogP contribution is -2.03. The van der Waals surface area contributed by atoms with Gasteiger partial charge >= 0.3 is 0 Å². The van der Waals surface area contributed by atoms with Crippen molar-refractivity contribution >= 4 is 22.8 Å². The van der Waals surface area contributed by atoms with Gasteiger partial charge in [-0.2, -0.15) is 0 Å². The Morgan fingerprint density at radius 2 is 2.05 bits per heavy atom. The molecule has 0 aliphatic heterocycles. The number of pyridine rings is 1. The lowest BCUT2D eigenvalue weighted by molar-refractivity contribution is 0.592. The molecule has 0 aliphatic carbocycles. The second-order valence-electron chi connectivity index (χ2n) is 4.39. The molecule has 0 N–H and O–H groups in total. The summed E-state index contributed by atoms with van der Waals surface area (Å²) in [6.07, 6.45) is 1.60. The van der Waals surface area contributed by atoms with E-state index in [0.29, 0.717) is 17.0 Å². The topological polar surface area (TPSA) is 30.7 Å². The highest BCUT2D eigenvalue weighted by Crippen LogP contribution is 2.25. The molecule has 3 nitrogen and oxygen atoms in total. The molecular formula is C14H10ClF2N3. The number of benzene rings is 1. The number of hydrogen-bond acceptors (Lipinski definition) is 2. The molecule has 3 rings (SSSR count). The van der Waals surface area contributed by atoms with Gasteiger partial charge in [0.1, 0.15) is 23.0 Å². The minimum absolute atomic E-state index is 0.0567. The summed E-state index contributed by atoms with van der Waals surface area (Å²) in [6.45, 7) is 1.88. The van der Waals surface area contributed by atoms with Gasteiger partial charge in [0.15, 0.2) is 5.65 Å². The average Bonchev–Trinajstić information content (AvgIpc) is 2.81. The average molecular weight is 294 g/mol. The third-order valence-electron chi connectivity index (χ3n) is 3.09. The van der Waals surface area contributed by atoms with Crippen molar-refractivity contribution in [3.63, 3.8) is 0 Å². The Morgan fingerprint density at radius 3 is 2.80 bits per heavy atom. The first-order chi connectivity index (χ1) is 9.61. The molecular weight excluding hydrogens is 284 g/mol. The smallest absolute Gasteiger partial charge is 0.165 e. The van der Waals surface area contributed by atoms with Crippen molar-refractivity contribution in [2.24, 2.45) is 0 Å². The Balaban J connectivity index is 2.40. The molecule has 0 bridgehead atoms. The number of aromatic nitrogens is 3. The molecule has 0 amide bonds. The third kappa shape index (κ3) is 1.94. The van der Waals surface area contributed by atoms with E-state index in [1.165, 1.54) is 4.57 Å². The minimum atomic E-state index is -0.555. The number of fused-ring (bicyclic) bond motifs is 1. The normalized spacial score (nSPS) is 11.2. The molecule has 0 aliphatic rings. The van der Waals surface area contributed by atoms with Crippen LogP contribution in [0.25, 0.3) is 16.9 Å². The molecule has 102 valence electrons. The first-order valence-electron chi connectivity index (χ1n) is 5.96. The number of hydrogen-bond donors (Lipinski definition) is 0. The maximum Gasteiger partial charge on any atom is 0.165 e. The van der Waals surface area contributed by atoms with Crippen molar-refractivity contribution in [2.45, 2.75) is 12.8 Å². The van der Waals surface area contributed by atoms with Gasteiger partial charge in [-0.3, -0.25) is 4.57 Å². The molecule has 6 heteroatoms. The Bertz CT molecular complexity index is 798. The van der Waals surface area contributed by atoms with E-state index in [0.717, 1.165) is 23.8 Å². The molecule has 0 atom stereocenters. The van der Waals surface area contributed by atoms with Gasteiger partial charge in [-0.15, -0.1) is 11.6 Å². The predicted octanol–water partition coefficient (Wildman–Crippen LogP) is 3.75. The molecule has 0 saturated heterocycles. The van der Waals surface area contributed by atoms with Gasteiger partial charge in [0.25, 0.3) is 0 Å². The summed E-state index contributed by atoms with van der Waals surface area (Å²) in [6, 6.07) is 5.05. The van der Waals surface area contributed by atoms with E-state index in [-0.39, 0.29) is 11.6 Å². The van der Waals surface area contributed by atoms with E-state index in [9.17, 15) is 8.78 Å². The van der Waals surface area contributed by atoms with Crippen LogP contribution >= 0.6 is 11.6 Å². The van der Waals surface area contributed by atoms with Gasteiger partial charge in [0.2, 0.25) is 0 Å².